The average molecular weight is 2030 g/mol. The van der Waals surface area contributed by atoms with Gasteiger partial charge in [0.2, 0.25) is 3.23 Å². The molecule has 0 saturated heterocycles. The topological polar surface area (TPSA) is 198 Å². The Balaban J connectivity index is 0.000000335. The molecule has 0 unspecified atom stereocenters. The first-order valence-corrected chi connectivity index (χ1v) is 54.0. The molecular weight excluding hydrogens is 1890 g/mol. The Morgan fingerprint density at radius 3 is 0.727 bits per heavy atom. The van der Waals surface area contributed by atoms with Gasteiger partial charge in [-0.15, -0.1) is 0 Å². The van der Waals surface area contributed by atoms with Gasteiger partial charge in [-0.25, -0.2) is 0 Å². The Labute approximate surface area is 815 Å². The summed E-state index contributed by atoms with van der Waals surface area (Å²) in [4.78, 5) is 69.6. The maximum atomic E-state index is 12.0. The smallest absolute Gasteiger partial charge is 0.319 e. The van der Waals surface area contributed by atoms with Crippen LogP contribution in [0.5, 0.6) is 28.7 Å². The van der Waals surface area contributed by atoms with Crippen molar-refractivity contribution in [1.82, 2.24) is 4.90 Å². The zero-order chi connectivity index (χ0) is 97.1. The van der Waals surface area contributed by atoms with E-state index in [1.807, 2.05) is 123 Å². The molecule has 0 aliphatic carbocycles. The van der Waals surface area contributed by atoms with Crippen molar-refractivity contribution >= 4 is 139 Å². The van der Waals surface area contributed by atoms with Crippen LogP contribution >= 0.6 is 47.8 Å². The molecule has 0 heterocycles. The van der Waals surface area contributed by atoms with E-state index < -0.39 is 28.2 Å². The average Bonchev–Trinajstić information content (AvgIpc) is 0.751. The van der Waals surface area contributed by atoms with E-state index in [2.05, 4.69) is 283 Å². The lowest BCUT2D eigenvalue weighted by Gasteiger charge is -2.43. The van der Waals surface area contributed by atoms with E-state index in [4.69, 9.17) is 28.8 Å². The number of unbranched alkanes of at least 4 members (excludes halogenated alkanes) is 4. The van der Waals surface area contributed by atoms with Gasteiger partial charge in [-0.1, -0.05) is 327 Å². The monoisotopic (exact) mass is 2030 g/mol. The largest absolute Gasteiger partial charge is 1.00 e. The molecule has 14 nitrogen and oxygen atoms in total. The highest BCUT2D eigenvalue weighted by atomic mass is 79.9. The molecular formula is C111H139Br3FN3O11Si3. The van der Waals surface area contributed by atoms with Gasteiger partial charge in [0.25, 0.3) is 5.91 Å². The van der Waals surface area contributed by atoms with Crippen LogP contribution in [0.2, 0.25) is 15.1 Å². The maximum Gasteiger partial charge on any atom is 0.319 e. The van der Waals surface area contributed by atoms with E-state index in [1.54, 1.807) is 51.4 Å². The minimum atomic E-state index is -2.64. The van der Waals surface area contributed by atoms with Crippen molar-refractivity contribution in [2.24, 2.45) is 0 Å². The second-order valence-electron chi connectivity index (χ2n) is 35.7. The summed E-state index contributed by atoms with van der Waals surface area (Å²) in [5.41, 5.74) is 3.40. The van der Waals surface area contributed by atoms with Gasteiger partial charge < -0.3 is 37.6 Å². The predicted molar refractivity (Wildman–Crippen MR) is 562 cm³/mol. The summed E-state index contributed by atoms with van der Waals surface area (Å²) in [6.45, 7) is 42.1. The normalized spacial score (nSPS) is 11.3. The molecule has 0 spiro atoms. The summed E-state index contributed by atoms with van der Waals surface area (Å²) in [6, 6.07) is 100. The molecule has 0 aliphatic heterocycles. The summed E-state index contributed by atoms with van der Waals surface area (Å²) in [6.07, 6.45) is 12.1. The van der Waals surface area contributed by atoms with Gasteiger partial charge in [-0.05, 0) is 239 Å². The maximum absolute atomic E-state index is 12.0. The number of nitrogens with zero attached hydrogens (tertiary/aromatic N) is 3. The number of hydrogen-bond donors (Lipinski definition) is 2. The number of alkyl halides is 3. The molecule has 21 heteroatoms. The van der Waals surface area contributed by atoms with E-state index in [1.165, 1.54) is 149 Å². The van der Waals surface area contributed by atoms with Crippen LogP contribution in [-0.2, 0) is 4.79 Å². The Hall–Kier alpha value is -10.3. The first-order valence-electron chi connectivity index (χ1n) is 45.5. The molecule has 2 N–H and O–H groups in total. The van der Waals surface area contributed by atoms with Crippen LogP contribution in [0.15, 0.2) is 303 Å². The van der Waals surface area contributed by atoms with Crippen molar-refractivity contribution in [3.8, 4) is 34.8 Å². The molecule has 1 amide bonds. The summed E-state index contributed by atoms with van der Waals surface area (Å²) in [7, 11) is -4.72. The molecule has 0 radical (unpaired) electrons. The number of aromatic hydroxyl groups is 2. The first kappa shape index (κ1) is 114. The Morgan fingerprint density at radius 2 is 0.553 bits per heavy atom. The first-order chi connectivity index (χ1) is 62.2. The number of rotatable bonds is 33. The van der Waals surface area contributed by atoms with Gasteiger partial charge in [0.15, 0.2) is 28.9 Å². The zero-order valence-corrected chi connectivity index (χ0v) is 88.7. The van der Waals surface area contributed by atoms with Crippen LogP contribution < -0.4 is 49.1 Å². The van der Waals surface area contributed by atoms with Crippen molar-refractivity contribution < 1.29 is 61.4 Å². The van der Waals surface area contributed by atoms with Crippen molar-refractivity contribution in [2.75, 3.05) is 45.6 Å². The number of carbonyl (C=O) groups excluding carboxylic acids is 6. The van der Waals surface area contributed by atoms with Gasteiger partial charge >= 0.3 is 25.0 Å². The fourth-order valence-corrected chi connectivity index (χ4v) is 29.8. The van der Waals surface area contributed by atoms with Crippen molar-refractivity contribution in [3.63, 3.8) is 0 Å². The molecule has 0 fully saturated rings. The number of nitriles is 1. The molecule has 0 aromatic heterocycles. The second kappa shape index (κ2) is 56.0. The highest BCUT2D eigenvalue weighted by Gasteiger charge is 2.55. The van der Waals surface area contributed by atoms with Gasteiger partial charge in [0.1, 0.15) is 34.8 Å². The van der Waals surface area contributed by atoms with Crippen LogP contribution in [0, 0.1) is 11.3 Å². The third-order valence-corrected chi connectivity index (χ3v) is 39.0. The van der Waals surface area contributed by atoms with Crippen LogP contribution in [-0.4, -0.2) is 128 Å². The standard InChI is InChI=1S/C25H28O2Si.C24H25BrO2Si.C24H26O2Si.C16H36N.C9H10O2.C8H8O2.C5H6Br2N2O.FH/c1-5-24(26)20-16-18-21(19-17-20)27-28(25(2,3)4,22-12-8-6-9-13-22)23-14-10-7-11-15-23;1-24(2,3)28(21-10-6-4-7-11-21,22-12-8-5-9-13-22)27-20-16-14-19(15-17-20)23(26)18-25;1-19(25)20-15-17-21(18-16-20)26-27(24(2,3)4,22-11-7-5-8-12-22)23-13-9-6-10-14-23;1-5-9-13-17(14-10-6-2,15-11-7-3)16-12-8-4;1-2-9(11)7-3-5-8(10)6-4-7;1-6(9)7-2-4-8(10)5-3-7;1-9(2)4(10)5(6,7)3-8;/h6-19H,5H2,1-4H3;4-17H,18H2,1-3H3;5-18H,1-4H3;5-16H2,1-4H3;3-6,10H,2H2,1H3;2-5,10H,1H3;1-2H3;1H/q;;;+1;;;;/p-1. The number of phenols is 2. The fourth-order valence-electron chi connectivity index (χ4n) is 15.5. The number of halogens is 4. The minimum absolute atomic E-state index is 0. The third-order valence-electron chi connectivity index (χ3n) is 22.7. The fraction of sp³-hybridized carbons (Fsp3) is 0.342. The van der Waals surface area contributed by atoms with Crippen molar-refractivity contribution in [2.45, 2.75) is 200 Å². The quantitative estimate of drug-likeness (QED) is 0.0171. The lowest BCUT2D eigenvalue weighted by Crippen LogP contribution is -3.00. The number of hydrogen-bond acceptors (Lipinski definition) is 12. The van der Waals surface area contributed by atoms with Crippen LogP contribution in [0.3, 0.4) is 0 Å². The summed E-state index contributed by atoms with van der Waals surface area (Å²) >= 11 is 9.05. The summed E-state index contributed by atoms with van der Waals surface area (Å²) in [5.74, 6) is 2.85. The van der Waals surface area contributed by atoms with E-state index in [-0.39, 0.29) is 66.1 Å². The third kappa shape index (κ3) is 33.4. The highest BCUT2D eigenvalue weighted by Crippen LogP contribution is 2.41. The Bertz CT molecular complexity index is 4960. The summed E-state index contributed by atoms with van der Waals surface area (Å²) in [5, 5.41) is 33.6. The molecule has 0 aliphatic rings. The zero-order valence-electron chi connectivity index (χ0n) is 80.9. The molecule has 0 bridgehead atoms. The van der Waals surface area contributed by atoms with Crippen LogP contribution in [0.4, 0.5) is 0 Å². The molecule has 11 aromatic carbocycles. The van der Waals surface area contributed by atoms with Gasteiger partial charge in [0.05, 0.1) is 31.5 Å². The number of carbonyl (C=O) groups is 6. The van der Waals surface area contributed by atoms with Gasteiger partial charge in [0, 0.05) is 54.8 Å². The summed E-state index contributed by atoms with van der Waals surface area (Å²) < 4.78 is 20.9. The number of amides is 1. The second-order valence-corrected chi connectivity index (χ2v) is 52.4. The van der Waals surface area contributed by atoms with Crippen LogP contribution in [0.1, 0.15) is 234 Å². The van der Waals surface area contributed by atoms with Crippen molar-refractivity contribution in [1.29, 1.82) is 5.26 Å². The number of Topliss-reactive ketones (excluding diaryl/α,β-unsaturated/α-hetero) is 5. The highest BCUT2D eigenvalue weighted by molar-refractivity contribution is 9.26. The van der Waals surface area contributed by atoms with Crippen molar-refractivity contribution in [3.05, 3.63) is 331 Å². The molecule has 132 heavy (non-hydrogen) atoms. The number of benzene rings is 11. The minimum Gasteiger partial charge on any atom is -1.00 e. The molecule has 11 rings (SSSR count). The molecule has 704 valence electrons. The van der Waals surface area contributed by atoms with Gasteiger partial charge in [-0.2, -0.15) is 5.26 Å². The molecule has 0 saturated carbocycles. The van der Waals surface area contributed by atoms with E-state index in [0.717, 1.165) is 22.8 Å². The van der Waals surface area contributed by atoms with E-state index in [9.17, 15) is 28.8 Å². The lowest BCUT2D eigenvalue weighted by atomic mass is 10.1. The lowest BCUT2D eigenvalue weighted by molar-refractivity contribution is -0.929. The van der Waals surface area contributed by atoms with Gasteiger partial charge in [-0.3, -0.25) is 28.8 Å². The number of quaternary nitrogens is 1. The van der Waals surface area contributed by atoms with E-state index in [0.29, 0.717) is 40.4 Å². The van der Waals surface area contributed by atoms with E-state index >= 15 is 0 Å². The van der Waals surface area contributed by atoms with Crippen LogP contribution in [0.25, 0.3) is 0 Å². The number of phenolic OH excluding ortho intramolecular Hbond substituents is 2. The molecule has 11 aromatic rings. The Morgan fingerprint density at radius 1 is 0.348 bits per heavy atom. The number of ketones is 5. The molecule has 0 atom stereocenters. The predicted octanol–water partition coefficient (Wildman–Crippen LogP) is 21.9. The Kier molecular flexibility index (Phi) is 48.4. The SMILES string of the molecule is CC(=O)c1ccc(O)cc1.CC(=O)c1ccc(O[Si](c2ccccc2)(c2ccccc2)C(C)(C)C)cc1.CC(C)(C)[Si](Oc1ccc(C(=O)CBr)cc1)(c1ccccc1)c1ccccc1.CCC(=O)c1ccc(O)cc1.CCC(=O)c1ccc(O[Si](c2ccccc2)(c2ccccc2)C(C)(C)C)cc1.CCCC[N+](CCCC)(CCCC)CCCC.CN(C)C(=O)C(Br)(Br)C#N.[F-].